The fraction of sp³-hybridized carbons (Fsp3) is 0.273. The number of nitriles is 2. The van der Waals surface area contributed by atoms with E-state index >= 15 is 0 Å². The van der Waals surface area contributed by atoms with E-state index in [1.807, 2.05) is 19.1 Å². The Morgan fingerprint density at radius 1 is 1.12 bits per heavy atom. The van der Waals surface area contributed by atoms with E-state index < -0.39 is 15.9 Å². The number of aryl methyl sites for hydroxylation is 1. The second-order valence-electron chi connectivity index (χ2n) is 6.90. The average molecular weight is 486 g/mol. The number of rotatable bonds is 8. The minimum absolute atomic E-state index is 0.00337. The van der Waals surface area contributed by atoms with Crippen molar-refractivity contribution in [3.8, 4) is 12.1 Å². The van der Waals surface area contributed by atoms with Crippen LogP contribution in [0, 0.1) is 28.5 Å². The molecule has 1 heterocycles. The molecule has 0 N–H and O–H groups in total. The van der Waals surface area contributed by atoms with Crippen molar-refractivity contribution in [2.75, 3.05) is 13.1 Å². The van der Waals surface area contributed by atoms with Gasteiger partial charge in [-0.25, -0.2) is 12.8 Å². The maximum atomic E-state index is 13.6. The van der Waals surface area contributed by atoms with Crippen LogP contribution in [0.4, 0.5) is 4.39 Å². The molecule has 0 aliphatic rings. The number of thiazole rings is 1. The molecular weight excluding hydrogens is 465 g/mol. The molecule has 0 spiro atoms. The van der Waals surface area contributed by atoms with Crippen molar-refractivity contribution in [3.63, 3.8) is 0 Å². The SMILES string of the molecule is CCn1c(=NC(=O)c2ccc(S(=O)(=O)N(CCC#N)CCC#N)cc2)sc2cc(F)ccc21. The highest BCUT2D eigenvalue weighted by Gasteiger charge is 2.24. The first kappa shape index (κ1) is 24.3. The van der Waals surface area contributed by atoms with Gasteiger partial charge in [0.05, 0.1) is 27.3 Å². The number of halogens is 1. The molecule has 3 aromatic rings. The van der Waals surface area contributed by atoms with Gasteiger partial charge in [0.1, 0.15) is 5.82 Å². The summed E-state index contributed by atoms with van der Waals surface area (Å²) in [5, 5.41) is 17.6. The molecule has 0 fully saturated rings. The first-order valence-corrected chi connectivity index (χ1v) is 12.3. The van der Waals surface area contributed by atoms with Gasteiger partial charge in [-0.2, -0.15) is 19.8 Å². The van der Waals surface area contributed by atoms with E-state index in [1.54, 1.807) is 10.6 Å². The molecule has 0 saturated heterocycles. The molecule has 33 heavy (non-hydrogen) atoms. The highest BCUT2D eigenvalue weighted by molar-refractivity contribution is 7.89. The van der Waals surface area contributed by atoms with E-state index in [-0.39, 0.29) is 42.2 Å². The summed E-state index contributed by atoms with van der Waals surface area (Å²) in [5.74, 6) is -0.931. The van der Waals surface area contributed by atoms with Crippen LogP contribution in [0.1, 0.15) is 30.1 Å². The van der Waals surface area contributed by atoms with Gasteiger partial charge >= 0.3 is 0 Å². The van der Waals surface area contributed by atoms with Gasteiger partial charge < -0.3 is 4.57 Å². The summed E-state index contributed by atoms with van der Waals surface area (Å²) < 4.78 is 42.9. The number of carbonyl (C=O) groups excluding carboxylic acids is 1. The van der Waals surface area contributed by atoms with Crippen LogP contribution < -0.4 is 4.80 Å². The summed E-state index contributed by atoms with van der Waals surface area (Å²) in [6, 6.07) is 13.5. The van der Waals surface area contributed by atoms with E-state index in [9.17, 15) is 17.6 Å². The van der Waals surface area contributed by atoms with Gasteiger partial charge in [0.15, 0.2) is 4.80 Å². The highest BCUT2D eigenvalue weighted by atomic mass is 32.2. The monoisotopic (exact) mass is 485 g/mol. The third-order valence-electron chi connectivity index (χ3n) is 4.84. The molecule has 1 aromatic heterocycles. The van der Waals surface area contributed by atoms with E-state index in [0.717, 1.165) is 9.82 Å². The Kier molecular flexibility index (Phi) is 7.71. The second kappa shape index (κ2) is 10.5. The third-order valence-corrected chi connectivity index (χ3v) is 7.80. The molecule has 170 valence electrons. The topological polar surface area (TPSA) is 119 Å². The molecule has 8 nitrogen and oxygen atoms in total. The van der Waals surface area contributed by atoms with Crippen molar-refractivity contribution < 1.29 is 17.6 Å². The summed E-state index contributed by atoms with van der Waals surface area (Å²) in [6.45, 7) is 2.37. The molecule has 3 rings (SSSR count). The van der Waals surface area contributed by atoms with Crippen molar-refractivity contribution in [1.82, 2.24) is 8.87 Å². The van der Waals surface area contributed by atoms with E-state index in [1.165, 1.54) is 47.7 Å². The van der Waals surface area contributed by atoms with Gasteiger partial charge in [0.2, 0.25) is 10.0 Å². The van der Waals surface area contributed by atoms with E-state index in [0.29, 0.717) is 16.0 Å². The molecule has 0 unspecified atom stereocenters. The van der Waals surface area contributed by atoms with Crippen LogP contribution in [-0.4, -0.2) is 36.3 Å². The van der Waals surface area contributed by atoms with Gasteiger partial charge in [-0.3, -0.25) is 4.79 Å². The van der Waals surface area contributed by atoms with Crippen molar-refractivity contribution in [2.24, 2.45) is 4.99 Å². The average Bonchev–Trinajstić information content (AvgIpc) is 3.14. The van der Waals surface area contributed by atoms with Crippen LogP contribution in [0.2, 0.25) is 0 Å². The Labute approximate surface area is 194 Å². The summed E-state index contributed by atoms with van der Waals surface area (Å²) >= 11 is 1.19. The Bertz CT molecular complexity index is 1410. The number of fused-ring (bicyclic) bond motifs is 1. The van der Waals surface area contributed by atoms with Gasteiger partial charge in [-0.15, -0.1) is 0 Å². The molecule has 0 saturated carbocycles. The minimum Gasteiger partial charge on any atom is -0.317 e. The van der Waals surface area contributed by atoms with Crippen molar-refractivity contribution >= 4 is 37.5 Å². The number of carbonyl (C=O) groups is 1. The van der Waals surface area contributed by atoms with Crippen LogP contribution in [-0.2, 0) is 16.6 Å². The number of hydrogen-bond acceptors (Lipinski definition) is 6. The van der Waals surface area contributed by atoms with Gasteiger partial charge in [-0.05, 0) is 49.4 Å². The predicted molar refractivity (Wildman–Crippen MR) is 121 cm³/mol. The number of aromatic nitrogens is 1. The fourth-order valence-electron chi connectivity index (χ4n) is 3.21. The van der Waals surface area contributed by atoms with Crippen LogP contribution >= 0.6 is 11.3 Å². The zero-order chi connectivity index (χ0) is 24.0. The number of nitrogens with zero attached hydrogens (tertiary/aromatic N) is 5. The Balaban J connectivity index is 1.91. The molecule has 2 aromatic carbocycles. The Hall–Kier alpha value is -3.38. The molecule has 0 radical (unpaired) electrons. The quantitative estimate of drug-likeness (QED) is 0.484. The van der Waals surface area contributed by atoms with E-state index in [2.05, 4.69) is 4.99 Å². The molecule has 11 heteroatoms. The van der Waals surface area contributed by atoms with Crippen molar-refractivity contribution in [2.45, 2.75) is 31.2 Å². The lowest BCUT2D eigenvalue weighted by Gasteiger charge is -2.20. The first-order valence-electron chi connectivity index (χ1n) is 10.0. The Morgan fingerprint density at radius 3 is 2.33 bits per heavy atom. The van der Waals surface area contributed by atoms with Crippen molar-refractivity contribution in [3.05, 3.63) is 58.6 Å². The van der Waals surface area contributed by atoms with Gasteiger partial charge in [0.25, 0.3) is 5.91 Å². The van der Waals surface area contributed by atoms with E-state index in [4.69, 9.17) is 10.5 Å². The minimum atomic E-state index is -3.93. The smallest absolute Gasteiger partial charge is 0.279 e. The predicted octanol–water partition coefficient (Wildman–Crippen LogP) is 3.42. The standard InChI is InChI=1S/C22H20FN5O3S2/c1-2-28-19-10-7-17(23)15-20(19)32-22(28)26-21(29)16-5-8-18(9-6-16)33(30,31)27(13-3-11-24)14-4-12-25/h5-10,15H,2-4,13-14H2,1H3. The lowest BCUT2D eigenvalue weighted by Crippen LogP contribution is -2.32. The second-order valence-corrected chi connectivity index (χ2v) is 9.85. The first-order chi connectivity index (χ1) is 15.8. The van der Waals surface area contributed by atoms with Crippen molar-refractivity contribution in [1.29, 1.82) is 10.5 Å². The molecule has 1 amide bonds. The number of benzene rings is 2. The zero-order valence-electron chi connectivity index (χ0n) is 17.7. The Morgan fingerprint density at radius 2 is 1.76 bits per heavy atom. The van der Waals surface area contributed by atoms with Gasteiger partial charge in [-0.1, -0.05) is 11.3 Å². The molecule has 0 atom stereocenters. The van der Waals surface area contributed by atoms with Crippen LogP contribution in [0.25, 0.3) is 10.2 Å². The third kappa shape index (κ3) is 5.34. The lowest BCUT2D eigenvalue weighted by atomic mass is 10.2. The van der Waals surface area contributed by atoms with Gasteiger partial charge in [0, 0.05) is 38.0 Å². The van der Waals surface area contributed by atoms with Crippen LogP contribution in [0.15, 0.2) is 52.4 Å². The molecule has 0 bridgehead atoms. The summed E-state index contributed by atoms with van der Waals surface area (Å²) in [7, 11) is -3.93. The molecule has 0 aliphatic carbocycles. The molecular formula is C22H20FN5O3S2. The zero-order valence-corrected chi connectivity index (χ0v) is 19.4. The summed E-state index contributed by atoms with van der Waals surface area (Å²) in [5.41, 5.74) is 0.965. The normalized spacial score (nSPS) is 12.1. The number of amides is 1. The largest absolute Gasteiger partial charge is 0.317 e. The highest BCUT2D eigenvalue weighted by Crippen LogP contribution is 2.20. The fourth-order valence-corrected chi connectivity index (χ4v) is 5.77. The maximum absolute atomic E-state index is 13.6. The number of hydrogen-bond donors (Lipinski definition) is 0. The number of sulfonamides is 1. The molecule has 0 aliphatic heterocycles. The van der Waals surface area contributed by atoms with Crippen LogP contribution in [0.5, 0.6) is 0 Å². The van der Waals surface area contributed by atoms with Crippen LogP contribution in [0.3, 0.4) is 0 Å². The summed E-state index contributed by atoms with van der Waals surface area (Å²) in [6.07, 6.45) is -0.00674. The maximum Gasteiger partial charge on any atom is 0.279 e. The summed E-state index contributed by atoms with van der Waals surface area (Å²) in [4.78, 5) is 17.3. The lowest BCUT2D eigenvalue weighted by molar-refractivity contribution is 0.0997.